The van der Waals surface area contributed by atoms with Crippen molar-refractivity contribution >= 4 is 16.9 Å². The van der Waals surface area contributed by atoms with Crippen molar-refractivity contribution in [3.63, 3.8) is 0 Å². The van der Waals surface area contributed by atoms with Crippen molar-refractivity contribution < 1.29 is 14.3 Å². The maximum atomic E-state index is 12.1. The third-order valence-corrected chi connectivity index (χ3v) is 4.57. The van der Waals surface area contributed by atoms with Crippen molar-refractivity contribution in [2.45, 2.75) is 33.2 Å². The lowest BCUT2D eigenvalue weighted by Gasteiger charge is -2.09. The van der Waals surface area contributed by atoms with E-state index in [2.05, 4.69) is 15.1 Å². The Morgan fingerprint density at radius 3 is 2.93 bits per heavy atom. The number of pyridine rings is 2. The van der Waals surface area contributed by atoms with Gasteiger partial charge in [0.1, 0.15) is 5.75 Å². The molecular weight excluding hydrogens is 344 g/mol. The van der Waals surface area contributed by atoms with E-state index < -0.39 is 5.97 Å². The number of nitrogens with zero attached hydrogens (tertiary/aromatic N) is 4. The van der Waals surface area contributed by atoms with Crippen molar-refractivity contribution in [1.29, 1.82) is 0 Å². The molecule has 27 heavy (non-hydrogen) atoms. The Balaban J connectivity index is 1.53. The highest BCUT2D eigenvalue weighted by molar-refractivity contribution is 6.01. The largest absolute Gasteiger partial charge is 0.491 e. The first-order chi connectivity index (χ1) is 13.1. The van der Waals surface area contributed by atoms with Crippen molar-refractivity contribution in [3.05, 3.63) is 47.7 Å². The van der Waals surface area contributed by atoms with Gasteiger partial charge in [-0.1, -0.05) is 0 Å². The molecule has 1 saturated carbocycles. The van der Waals surface area contributed by atoms with E-state index in [1.165, 1.54) is 12.8 Å². The van der Waals surface area contributed by atoms with Crippen LogP contribution in [0.2, 0.25) is 0 Å². The standard InChI is InChI=1S/C20H22N4O3/c1-3-26-20(25)19-16-11-24(23-17(16)6-7-21-19)10-15-8-13(2)18(9-22-15)27-12-14-4-5-14/h6-9,11,14H,3-5,10,12H2,1-2H3. The maximum absolute atomic E-state index is 12.1. The molecule has 7 heteroatoms. The summed E-state index contributed by atoms with van der Waals surface area (Å²) in [7, 11) is 0. The molecule has 0 atom stereocenters. The second kappa shape index (κ2) is 7.34. The van der Waals surface area contributed by atoms with Crippen LogP contribution >= 0.6 is 0 Å². The van der Waals surface area contributed by atoms with E-state index in [0.29, 0.717) is 30.0 Å². The maximum Gasteiger partial charge on any atom is 0.357 e. The Morgan fingerprint density at radius 2 is 2.19 bits per heavy atom. The molecule has 3 aromatic rings. The van der Waals surface area contributed by atoms with Gasteiger partial charge in [0.2, 0.25) is 0 Å². The number of fused-ring (bicyclic) bond motifs is 1. The molecule has 0 spiro atoms. The Kier molecular flexibility index (Phi) is 4.75. The van der Waals surface area contributed by atoms with Crippen molar-refractivity contribution in [2.24, 2.45) is 5.92 Å². The highest BCUT2D eigenvalue weighted by atomic mass is 16.5. The van der Waals surface area contributed by atoms with Crippen molar-refractivity contribution in [3.8, 4) is 5.75 Å². The van der Waals surface area contributed by atoms with Crippen LogP contribution in [0.5, 0.6) is 5.75 Å². The molecule has 3 aromatic heterocycles. The van der Waals surface area contributed by atoms with E-state index >= 15 is 0 Å². The fourth-order valence-corrected chi connectivity index (χ4v) is 2.93. The molecule has 0 bridgehead atoms. The first-order valence-corrected chi connectivity index (χ1v) is 9.21. The zero-order valence-corrected chi connectivity index (χ0v) is 15.5. The van der Waals surface area contributed by atoms with Gasteiger partial charge in [-0.15, -0.1) is 0 Å². The summed E-state index contributed by atoms with van der Waals surface area (Å²) in [4.78, 5) is 20.7. The zero-order chi connectivity index (χ0) is 18.8. The first kappa shape index (κ1) is 17.5. The first-order valence-electron chi connectivity index (χ1n) is 9.21. The molecule has 0 aliphatic heterocycles. The lowest BCUT2D eigenvalue weighted by molar-refractivity contribution is 0.0522. The summed E-state index contributed by atoms with van der Waals surface area (Å²) in [6.07, 6.45) is 7.69. The minimum absolute atomic E-state index is 0.286. The van der Waals surface area contributed by atoms with E-state index in [1.807, 2.05) is 19.2 Å². The summed E-state index contributed by atoms with van der Waals surface area (Å²) in [6, 6.07) is 3.79. The predicted octanol–water partition coefficient (Wildman–Crippen LogP) is 3.15. The Hall–Kier alpha value is -2.96. The highest BCUT2D eigenvalue weighted by Gasteiger charge is 2.22. The van der Waals surface area contributed by atoms with Crippen LogP contribution in [0.4, 0.5) is 0 Å². The van der Waals surface area contributed by atoms with Gasteiger partial charge < -0.3 is 9.47 Å². The van der Waals surface area contributed by atoms with Crippen LogP contribution < -0.4 is 4.74 Å². The summed E-state index contributed by atoms with van der Waals surface area (Å²) in [5.74, 6) is 1.11. The smallest absolute Gasteiger partial charge is 0.357 e. The van der Waals surface area contributed by atoms with Gasteiger partial charge in [0, 0.05) is 12.4 Å². The van der Waals surface area contributed by atoms with Gasteiger partial charge in [0.05, 0.1) is 42.6 Å². The predicted molar refractivity (Wildman–Crippen MR) is 99.8 cm³/mol. The van der Waals surface area contributed by atoms with Crippen LogP contribution in [-0.2, 0) is 11.3 Å². The summed E-state index contributed by atoms with van der Waals surface area (Å²) >= 11 is 0. The Labute approximate surface area is 157 Å². The average Bonchev–Trinajstić information content (AvgIpc) is 3.38. The van der Waals surface area contributed by atoms with Crippen molar-refractivity contribution in [1.82, 2.24) is 19.7 Å². The summed E-state index contributed by atoms with van der Waals surface area (Å²) in [5, 5.41) is 5.21. The number of aromatic nitrogens is 4. The van der Waals surface area contributed by atoms with Crippen LogP contribution in [0.1, 0.15) is 41.5 Å². The molecule has 0 radical (unpaired) electrons. The third kappa shape index (κ3) is 3.92. The van der Waals surface area contributed by atoms with Gasteiger partial charge >= 0.3 is 5.97 Å². The van der Waals surface area contributed by atoms with Crippen molar-refractivity contribution in [2.75, 3.05) is 13.2 Å². The van der Waals surface area contributed by atoms with Gasteiger partial charge in [0.25, 0.3) is 0 Å². The molecule has 1 aliphatic rings. The summed E-state index contributed by atoms with van der Waals surface area (Å²) in [6.45, 7) is 5.38. The van der Waals surface area contributed by atoms with E-state index in [1.54, 1.807) is 30.1 Å². The quantitative estimate of drug-likeness (QED) is 0.598. The third-order valence-electron chi connectivity index (χ3n) is 4.57. The second-order valence-corrected chi connectivity index (χ2v) is 6.84. The summed E-state index contributed by atoms with van der Waals surface area (Å²) < 4.78 is 12.7. The highest BCUT2D eigenvalue weighted by Crippen LogP contribution is 2.30. The van der Waals surface area contributed by atoms with Crippen LogP contribution in [0.3, 0.4) is 0 Å². The monoisotopic (exact) mass is 366 g/mol. The molecule has 3 heterocycles. The molecule has 0 aromatic carbocycles. The number of esters is 1. The molecule has 4 rings (SSSR count). The van der Waals surface area contributed by atoms with Crippen LogP contribution in [-0.4, -0.2) is 38.9 Å². The molecule has 0 saturated heterocycles. The Morgan fingerprint density at radius 1 is 1.33 bits per heavy atom. The van der Waals surface area contributed by atoms with E-state index in [9.17, 15) is 4.79 Å². The lowest BCUT2D eigenvalue weighted by Crippen LogP contribution is -2.07. The topological polar surface area (TPSA) is 79.1 Å². The SMILES string of the molecule is CCOC(=O)c1nccc2nn(Cc3cc(C)c(OCC4CC4)cn3)cc12. The van der Waals surface area contributed by atoms with Gasteiger partial charge in [-0.25, -0.2) is 9.78 Å². The number of ether oxygens (including phenoxy) is 2. The van der Waals surface area contributed by atoms with Crippen LogP contribution in [0.15, 0.2) is 30.7 Å². The number of hydrogen-bond acceptors (Lipinski definition) is 6. The summed E-state index contributed by atoms with van der Waals surface area (Å²) in [5.41, 5.74) is 2.93. The molecule has 0 N–H and O–H groups in total. The number of rotatable bonds is 7. The molecular formula is C20H22N4O3. The van der Waals surface area contributed by atoms with Crippen LogP contribution in [0, 0.1) is 12.8 Å². The average molecular weight is 366 g/mol. The van der Waals surface area contributed by atoms with E-state index in [4.69, 9.17) is 9.47 Å². The molecule has 0 unspecified atom stereocenters. The van der Waals surface area contributed by atoms with Gasteiger partial charge in [0.15, 0.2) is 5.69 Å². The van der Waals surface area contributed by atoms with E-state index in [-0.39, 0.29) is 5.69 Å². The fraction of sp³-hybridized carbons (Fsp3) is 0.400. The lowest BCUT2D eigenvalue weighted by atomic mass is 10.2. The molecule has 140 valence electrons. The zero-order valence-electron chi connectivity index (χ0n) is 15.5. The van der Waals surface area contributed by atoms with Crippen LogP contribution in [0.25, 0.3) is 10.9 Å². The normalized spacial score (nSPS) is 13.7. The minimum atomic E-state index is -0.436. The fourth-order valence-electron chi connectivity index (χ4n) is 2.93. The van der Waals surface area contributed by atoms with Gasteiger partial charge in [-0.2, -0.15) is 5.10 Å². The molecule has 0 amide bonds. The number of carbonyl (C=O) groups is 1. The van der Waals surface area contributed by atoms with Gasteiger partial charge in [-0.3, -0.25) is 9.67 Å². The number of hydrogen-bond donors (Lipinski definition) is 0. The number of aryl methyl sites for hydroxylation is 1. The van der Waals surface area contributed by atoms with E-state index in [0.717, 1.165) is 23.6 Å². The second-order valence-electron chi connectivity index (χ2n) is 6.84. The Bertz CT molecular complexity index is 979. The number of carbonyl (C=O) groups excluding carboxylic acids is 1. The molecule has 1 aliphatic carbocycles. The van der Waals surface area contributed by atoms with Gasteiger partial charge in [-0.05, 0) is 50.3 Å². The molecule has 7 nitrogen and oxygen atoms in total. The molecule has 1 fully saturated rings. The minimum Gasteiger partial charge on any atom is -0.491 e.